The van der Waals surface area contributed by atoms with E-state index in [1.807, 2.05) is 59.5 Å². The highest BCUT2D eigenvalue weighted by molar-refractivity contribution is 5.84. The minimum Gasteiger partial charge on any atom is -0.497 e. The molecule has 1 aromatic heterocycles. The smallest absolute Gasteiger partial charge is 0.317 e. The van der Waals surface area contributed by atoms with E-state index in [1.165, 1.54) is 0 Å². The second kappa shape index (κ2) is 8.82. The molecule has 1 aliphatic heterocycles. The molecule has 2 aromatic carbocycles. The summed E-state index contributed by atoms with van der Waals surface area (Å²) in [5.74, 6) is 1.62. The van der Waals surface area contributed by atoms with Gasteiger partial charge in [0.1, 0.15) is 23.1 Å². The van der Waals surface area contributed by atoms with Gasteiger partial charge in [-0.25, -0.2) is 4.79 Å². The number of amides is 2. The Morgan fingerprint density at radius 3 is 2.62 bits per heavy atom. The highest BCUT2D eigenvalue weighted by Gasteiger charge is 2.24. The molecule has 0 aliphatic carbocycles. The van der Waals surface area contributed by atoms with E-state index in [-0.39, 0.29) is 12.1 Å². The monoisotopic (exact) mass is 391 g/mol. The molecule has 0 saturated carbocycles. The predicted molar refractivity (Wildman–Crippen MR) is 112 cm³/mol. The van der Waals surface area contributed by atoms with Crippen LogP contribution in [0.1, 0.15) is 18.4 Å². The number of fused-ring (bicyclic) bond motifs is 1. The van der Waals surface area contributed by atoms with E-state index in [9.17, 15) is 4.79 Å². The van der Waals surface area contributed by atoms with Gasteiger partial charge in [-0.3, -0.25) is 4.98 Å². The van der Waals surface area contributed by atoms with Crippen molar-refractivity contribution < 1.29 is 14.3 Å². The lowest BCUT2D eigenvalue weighted by Gasteiger charge is -2.32. The molecule has 1 N–H and O–H groups in total. The van der Waals surface area contributed by atoms with Gasteiger partial charge in [-0.1, -0.05) is 30.3 Å². The number of carbonyl (C=O) groups excluding carboxylic acids is 1. The highest BCUT2D eigenvalue weighted by Crippen LogP contribution is 2.26. The maximum atomic E-state index is 12.5. The summed E-state index contributed by atoms with van der Waals surface area (Å²) in [6.07, 6.45) is 3.48. The van der Waals surface area contributed by atoms with Crippen molar-refractivity contribution in [1.82, 2.24) is 15.2 Å². The molecule has 1 saturated heterocycles. The third-order valence-electron chi connectivity index (χ3n) is 5.22. The minimum absolute atomic E-state index is 0.0360. The fourth-order valence-corrected chi connectivity index (χ4v) is 3.56. The van der Waals surface area contributed by atoms with Crippen LogP contribution in [0, 0.1) is 0 Å². The summed E-state index contributed by atoms with van der Waals surface area (Å²) in [7, 11) is 1.64. The van der Waals surface area contributed by atoms with Gasteiger partial charge in [-0.2, -0.15) is 0 Å². The largest absolute Gasteiger partial charge is 0.497 e. The van der Waals surface area contributed by atoms with Gasteiger partial charge in [0.15, 0.2) is 0 Å². The molecule has 0 radical (unpaired) electrons. The number of rotatable bonds is 5. The molecule has 29 heavy (non-hydrogen) atoms. The number of methoxy groups -OCH3 is 1. The van der Waals surface area contributed by atoms with Crippen molar-refractivity contribution in [3.63, 3.8) is 0 Å². The number of para-hydroxylation sites is 1. The normalized spacial score (nSPS) is 14.6. The van der Waals surface area contributed by atoms with Gasteiger partial charge in [0.05, 0.1) is 7.11 Å². The zero-order valence-corrected chi connectivity index (χ0v) is 16.5. The predicted octanol–water partition coefficient (Wildman–Crippen LogP) is 4.00. The second-order valence-corrected chi connectivity index (χ2v) is 7.14. The number of benzene rings is 2. The molecule has 150 valence electrons. The van der Waals surface area contributed by atoms with Crippen molar-refractivity contribution in [2.75, 3.05) is 20.2 Å². The van der Waals surface area contributed by atoms with Crippen LogP contribution in [0.5, 0.6) is 11.5 Å². The van der Waals surface area contributed by atoms with Gasteiger partial charge in [0.2, 0.25) is 0 Å². The molecule has 0 bridgehead atoms. The standard InChI is InChI=1S/C23H25N3O3/c1-28-19-9-7-17(8-10-19)16-25-23(27)26-14-11-20(12-15-26)29-21-6-2-4-18-5-3-13-24-22(18)21/h2-10,13,20H,11-12,14-16H2,1H3,(H,25,27). The number of likely N-dealkylation sites (tertiary alicyclic amines) is 1. The Labute approximate surface area is 170 Å². The minimum atomic E-state index is -0.0360. The number of carbonyl (C=O) groups is 1. The Balaban J connectivity index is 1.28. The lowest BCUT2D eigenvalue weighted by Crippen LogP contribution is -2.46. The first kappa shape index (κ1) is 19.1. The fraction of sp³-hybridized carbons (Fsp3) is 0.304. The molecule has 0 spiro atoms. The van der Waals surface area contributed by atoms with E-state index in [1.54, 1.807) is 13.3 Å². The molecule has 1 aliphatic rings. The molecule has 6 nitrogen and oxygen atoms in total. The summed E-state index contributed by atoms with van der Waals surface area (Å²) in [6, 6.07) is 17.6. The van der Waals surface area contributed by atoms with Crippen LogP contribution in [0.2, 0.25) is 0 Å². The number of piperidine rings is 1. The number of urea groups is 1. The summed E-state index contributed by atoms with van der Waals surface area (Å²) in [6.45, 7) is 1.86. The highest BCUT2D eigenvalue weighted by atomic mass is 16.5. The van der Waals surface area contributed by atoms with Gasteiger partial charge < -0.3 is 19.7 Å². The molecule has 4 rings (SSSR count). The van der Waals surface area contributed by atoms with Crippen LogP contribution in [-0.2, 0) is 6.54 Å². The topological polar surface area (TPSA) is 63.7 Å². The Kier molecular flexibility index (Phi) is 5.79. The average Bonchev–Trinajstić information content (AvgIpc) is 2.78. The van der Waals surface area contributed by atoms with Crippen molar-refractivity contribution in [2.24, 2.45) is 0 Å². The zero-order chi connectivity index (χ0) is 20.1. The van der Waals surface area contributed by atoms with Crippen molar-refractivity contribution in [3.8, 4) is 11.5 Å². The van der Waals surface area contributed by atoms with Crippen LogP contribution in [0.3, 0.4) is 0 Å². The Morgan fingerprint density at radius 2 is 1.86 bits per heavy atom. The SMILES string of the molecule is COc1ccc(CNC(=O)N2CCC(Oc3cccc4cccnc34)CC2)cc1. The van der Waals surface area contributed by atoms with Crippen molar-refractivity contribution >= 4 is 16.9 Å². The van der Waals surface area contributed by atoms with E-state index in [0.717, 1.165) is 40.8 Å². The van der Waals surface area contributed by atoms with Gasteiger partial charge in [-0.15, -0.1) is 0 Å². The average molecular weight is 391 g/mol. The number of pyridine rings is 1. The van der Waals surface area contributed by atoms with E-state index in [4.69, 9.17) is 9.47 Å². The summed E-state index contributed by atoms with van der Waals surface area (Å²) in [5.41, 5.74) is 1.93. The lowest BCUT2D eigenvalue weighted by atomic mass is 10.1. The maximum Gasteiger partial charge on any atom is 0.317 e. The summed E-state index contributed by atoms with van der Waals surface area (Å²) < 4.78 is 11.4. The van der Waals surface area contributed by atoms with E-state index in [2.05, 4.69) is 10.3 Å². The quantitative estimate of drug-likeness (QED) is 0.714. The van der Waals surface area contributed by atoms with Crippen molar-refractivity contribution in [2.45, 2.75) is 25.5 Å². The van der Waals surface area contributed by atoms with Gasteiger partial charge >= 0.3 is 6.03 Å². The zero-order valence-electron chi connectivity index (χ0n) is 16.5. The fourth-order valence-electron chi connectivity index (χ4n) is 3.56. The molecule has 2 amide bonds. The Bertz CT molecular complexity index is 961. The summed E-state index contributed by atoms with van der Waals surface area (Å²) in [4.78, 5) is 18.8. The Hall–Kier alpha value is -3.28. The summed E-state index contributed by atoms with van der Waals surface area (Å²) >= 11 is 0. The van der Waals surface area contributed by atoms with Gasteiger partial charge in [-0.05, 0) is 29.8 Å². The third-order valence-corrected chi connectivity index (χ3v) is 5.22. The third kappa shape index (κ3) is 4.59. The van der Waals surface area contributed by atoms with Crippen LogP contribution in [0.15, 0.2) is 60.8 Å². The van der Waals surface area contributed by atoms with Crippen molar-refractivity contribution in [3.05, 3.63) is 66.4 Å². The molecule has 2 heterocycles. The van der Waals surface area contributed by atoms with Crippen LogP contribution >= 0.6 is 0 Å². The van der Waals surface area contributed by atoms with E-state index in [0.29, 0.717) is 19.6 Å². The first-order chi connectivity index (χ1) is 14.2. The number of hydrogen-bond acceptors (Lipinski definition) is 4. The summed E-state index contributed by atoms with van der Waals surface area (Å²) in [5, 5.41) is 4.06. The maximum absolute atomic E-state index is 12.5. The van der Waals surface area contributed by atoms with Gasteiger partial charge in [0, 0.05) is 44.1 Å². The molecule has 1 fully saturated rings. The molecule has 0 unspecified atom stereocenters. The van der Waals surface area contributed by atoms with Crippen molar-refractivity contribution in [1.29, 1.82) is 0 Å². The first-order valence-electron chi connectivity index (χ1n) is 9.89. The number of aromatic nitrogens is 1. The number of hydrogen-bond donors (Lipinski definition) is 1. The molecule has 3 aromatic rings. The number of ether oxygens (including phenoxy) is 2. The first-order valence-corrected chi connectivity index (χ1v) is 9.89. The van der Waals surface area contributed by atoms with Crippen LogP contribution < -0.4 is 14.8 Å². The molecule has 0 atom stereocenters. The van der Waals surface area contributed by atoms with E-state index >= 15 is 0 Å². The number of nitrogens with zero attached hydrogens (tertiary/aromatic N) is 2. The van der Waals surface area contributed by atoms with Gasteiger partial charge in [0.25, 0.3) is 0 Å². The molecular formula is C23H25N3O3. The van der Waals surface area contributed by atoms with Crippen LogP contribution in [-0.4, -0.2) is 42.2 Å². The van der Waals surface area contributed by atoms with Crippen LogP contribution in [0.4, 0.5) is 4.79 Å². The lowest BCUT2D eigenvalue weighted by molar-refractivity contribution is 0.112. The van der Waals surface area contributed by atoms with Crippen LogP contribution in [0.25, 0.3) is 10.9 Å². The number of nitrogens with one attached hydrogen (secondary N) is 1. The molecular weight excluding hydrogens is 366 g/mol. The molecule has 6 heteroatoms. The Morgan fingerprint density at radius 1 is 1.10 bits per heavy atom. The van der Waals surface area contributed by atoms with E-state index < -0.39 is 0 Å². The second-order valence-electron chi connectivity index (χ2n) is 7.14.